The van der Waals surface area contributed by atoms with E-state index in [1.165, 1.54) is 16.3 Å². The first kappa shape index (κ1) is 23.8. The summed E-state index contributed by atoms with van der Waals surface area (Å²) in [6.07, 6.45) is 2.93. The minimum atomic E-state index is -0.311. The Hall–Kier alpha value is -3.92. The van der Waals surface area contributed by atoms with Gasteiger partial charge >= 0.3 is 5.97 Å². The molecule has 2 aliphatic rings. The summed E-state index contributed by atoms with van der Waals surface area (Å²) in [5.74, 6) is 0.170. The lowest BCUT2D eigenvalue weighted by molar-refractivity contribution is -0.139. The van der Waals surface area contributed by atoms with Crippen molar-refractivity contribution in [1.82, 2.24) is 0 Å². The highest BCUT2D eigenvalue weighted by Crippen LogP contribution is 2.49. The summed E-state index contributed by atoms with van der Waals surface area (Å²) >= 11 is 0. The monoisotopic (exact) mass is 477 g/mol. The minimum Gasteiger partial charge on any atom is -0.497 e. The fourth-order valence-corrected chi connectivity index (χ4v) is 5.46. The number of nitrogens with zero attached hydrogens (tertiary/aromatic N) is 1. The normalized spacial score (nSPS) is 20.5. The van der Waals surface area contributed by atoms with Crippen LogP contribution in [0.15, 0.2) is 94.7 Å². The molecular formula is C32H31NO3. The molecule has 0 amide bonds. The van der Waals surface area contributed by atoms with Crippen LogP contribution in [0.25, 0.3) is 16.8 Å². The molecule has 182 valence electrons. The molecule has 0 spiro atoms. The number of methoxy groups -OCH3 is 1. The second-order valence-electron chi connectivity index (χ2n) is 9.53. The van der Waals surface area contributed by atoms with Crippen LogP contribution in [0.5, 0.6) is 5.75 Å². The van der Waals surface area contributed by atoms with Crippen LogP contribution in [0.2, 0.25) is 0 Å². The van der Waals surface area contributed by atoms with Gasteiger partial charge in [-0.3, -0.25) is 4.99 Å². The fraction of sp³-hybridized carbons (Fsp3) is 0.250. The third kappa shape index (κ3) is 4.28. The van der Waals surface area contributed by atoms with Gasteiger partial charge in [0, 0.05) is 29.7 Å². The average molecular weight is 478 g/mol. The Morgan fingerprint density at radius 1 is 1.03 bits per heavy atom. The zero-order valence-corrected chi connectivity index (χ0v) is 21.3. The minimum absolute atomic E-state index is 0.0872. The van der Waals surface area contributed by atoms with Crippen molar-refractivity contribution in [2.24, 2.45) is 10.9 Å². The van der Waals surface area contributed by atoms with Crippen LogP contribution in [0, 0.1) is 12.8 Å². The van der Waals surface area contributed by atoms with Crippen LogP contribution in [0.1, 0.15) is 42.9 Å². The van der Waals surface area contributed by atoms with E-state index in [0.717, 1.165) is 45.9 Å². The molecule has 0 saturated heterocycles. The molecule has 4 heteroatoms. The smallest absolute Gasteiger partial charge is 0.336 e. The molecule has 3 aromatic rings. The van der Waals surface area contributed by atoms with E-state index >= 15 is 0 Å². The van der Waals surface area contributed by atoms with Crippen LogP contribution >= 0.6 is 0 Å². The molecule has 3 aromatic carbocycles. The molecule has 0 radical (unpaired) electrons. The van der Waals surface area contributed by atoms with Crippen molar-refractivity contribution >= 4 is 28.5 Å². The largest absolute Gasteiger partial charge is 0.497 e. The van der Waals surface area contributed by atoms with Crippen molar-refractivity contribution in [3.8, 4) is 5.75 Å². The summed E-state index contributed by atoms with van der Waals surface area (Å²) in [6.45, 7) is 10.7. The maximum Gasteiger partial charge on any atom is 0.336 e. The Balaban J connectivity index is 1.56. The van der Waals surface area contributed by atoms with Crippen molar-refractivity contribution in [2.75, 3.05) is 13.7 Å². The fourth-order valence-electron chi connectivity index (χ4n) is 5.46. The van der Waals surface area contributed by atoms with Gasteiger partial charge in [0.1, 0.15) is 5.75 Å². The van der Waals surface area contributed by atoms with Gasteiger partial charge < -0.3 is 9.47 Å². The third-order valence-corrected chi connectivity index (χ3v) is 7.19. The van der Waals surface area contributed by atoms with Crippen LogP contribution in [0.3, 0.4) is 0 Å². The molecule has 4 nitrogen and oxygen atoms in total. The highest BCUT2D eigenvalue weighted by atomic mass is 16.5. The molecule has 1 heterocycles. The summed E-state index contributed by atoms with van der Waals surface area (Å²) < 4.78 is 10.8. The molecule has 0 bridgehead atoms. The maximum absolute atomic E-state index is 13.1. The molecular weight excluding hydrogens is 446 g/mol. The highest BCUT2D eigenvalue weighted by molar-refractivity contribution is 6.04. The molecule has 5 rings (SSSR count). The van der Waals surface area contributed by atoms with E-state index < -0.39 is 0 Å². The summed E-state index contributed by atoms with van der Waals surface area (Å²) in [6, 6.07) is 21.0. The van der Waals surface area contributed by atoms with E-state index in [1.54, 1.807) is 7.11 Å². The lowest BCUT2D eigenvalue weighted by Crippen LogP contribution is -2.29. The standard InChI is InChI=1S/C32H31NO3/c1-6-36-32(34)30-21(4)33-28-18-26(17-22-8-10-24-15-19(2)7-9-25(24)16-22)20(3)29(28)31(30)23-11-13-27(35-5)14-12-23/h7-17,29,31H,3,6,18H2,1-2,4-5H3/b26-17-. The van der Waals surface area contributed by atoms with Gasteiger partial charge in [0.25, 0.3) is 0 Å². The second-order valence-corrected chi connectivity index (χ2v) is 9.53. The maximum atomic E-state index is 13.1. The van der Waals surface area contributed by atoms with E-state index in [-0.39, 0.29) is 17.8 Å². The Morgan fingerprint density at radius 2 is 1.75 bits per heavy atom. The zero-order chi connectivity index (χ0) is 25.4. The van der Waals surface area contributed by atoms with E-state index in [0.29, 0.717) is 12.2 Å². The quantitative estimate of drug-likeness (QED) is 0.365. The van der Waals surface area contributed by atoms with Gasteiger partial charge in [-0.25, -0.2) is 4.79 Å². The molecule has 0 N–H and O–H groups in total. The highest BCUT2D eigenvalue weighted by Gasteiger charge is 2.44. The first-order valence-corrected chi connectivity index (χ1v) is 12.4. The molecule has 2 unspecified atom stereocenters. The first-order chi connectivity index (χ1) is 17.4. The van der Waals surface area contributed by atoms with Gasteiger partial charge in [0.05, 0.1) is 19.3 Å². The van der Waals surface area contributed by atoms with Crippen LogP contribution in [-0.2, 0) is 9.53 Å². The van der Waals surface area contributed by atoms with Gasteiger partial charge in [0.15, 0.2) is 0 Å². The SMILES string of the molecule is C=C1/C(=C\c2ccc3cc(C)ccc3c2)CC2=NC(C)=C(C(=O)OCC)C(c3ccc(OC)cc3)C12. The predicted molar refractivity (Wildman–Crippen MR) is 146 cm³/mol. The molecule has 0 aromatic heterocycles. The molecule has 1 aliphatic heterocycles. The number of esters is 1. The zero-order valence-electron chi connectivity index (χ0n) is 21.3. The lowest BCUT2D eigenvalue weighted by Gasteiger charge is -2.31. The van der Waals surface area contributed by atoms with Gasteiger partial charge in [0.2, 0.25) is 0 Å². The average Bonchev–Trinajstić information content (AvgIpc) is 3.17. The Kier molecular flexibility index (Phi) is 6.36. The van der Waals surface area contributed by atoms with Crippen molar-refractivity contribution in [3.63, 3.8) is 0 Å². The van der Waals surface area contributed by atoms with Gasteiger partial charge in [-0.1, -0.05) is 60.7 Å². The van der Waals surface area contributed by atoms with Crippen molar-refractivity contribution < 1.29 is 14.3 Å². The van der Waals surface area contributed by atoms with E-state index in [2.05, 4.69) is 56.0 Å². The number of aryl methyl sites for hydroxylation is 1. The van der Waals surface area contributed by atoms with E-state index in [4.69, 9.17) is 14.5 Å². The molecule has 1 saturated carbocycles. The number of carbonyl (C=O) groups is 1. The number of allylic oxidation sites excluding steroid dienone is 3. The molecule has 2 atom stereocenters. The molecule has 36 heavy (non-hydrogen) atoms. The van der Waals surface area contributed by atoms with Crippen molar-refractivity contribution in [1.29, 1.82) is 0 Å². The van der Waals surface area contributed by atoms with Gasteiger partial charge in [-0.15, -0.1) is 0 Å². The Morgan fingerprint density at radius 3 is 2.47 bits per heavy atom. The summed E-state index contributed by atoms with van der Waals surface area (Å²) in [5.41, 5.74) is 7.96. The summed E-state index contributed by atoms with van der Waals surface area (Å²) in [4.78, 5) is 18.0. The second kappa shape index (κ2) is 9.62. The van der Waals surface area contributed by atoms with Crippen LogP contribution < -0.4 is 4.74 Å². The first-order valence-electron chi connectivity index (χ1n) is 12.4. The number of carbonyl (C=O) groups excluding carboxylic acids is 1. The number of benzene rings is 3. The van der Waals surface area contributed by atoms with Gasteiger partial charge in [-0.05, 0) is 72.0 Å². The predicted octanol–water partition coefficient (Wildman–Crippen LogP) is 7.19. The van der Waals surface area contributed by atoms with Gasteiger partial charge in [-0.2, -0.15) is 0 Å². The third-order valence-electron chi connectivity index (χ3n) is 7.19. The lowest BCUT2D eigenvalue weighted by atomic mass is 9.75. The number of aliphatic imine (C=N–C) groups is 1. The van der Waals surface area contributed by atoms with Crippen LogP contribution in [0.4, 0.5) is 0 Å². The summed E-state index contributed by atoms with van der Waals surface area (Å²) in [5, 5.41) is 2.45. The van der Waals surface area contributed by atoms with E-state index in [1.807, 2.05) is 38.1 Å². The number of hydrogen-bond acceptors (Lipinski definition) is 4. The number of hydrogen-bond donors (Lipinski definition) is 0. The van der Waals surface area contributed by atoms with Crippen LogP contribution in [-0.4, -0.2) is 25.4 Å². The van der Waals surface area contributed by atoms with E-state index in [9.17, 15) is 4.79 Å². The number of ether oxygens (including phenoxy) is 2. The Bertz CT molecular complexity index is 1460. The molecule has 1 fully saturated rings. The summed E-state index contributed by atoms with van der Waals surface area (Å²) in [7, 11) is 1.65. The topological polar surface area (TPSA) is 47.9 Å². The van der Waals surface area contributed by atoms with Crippen molar-refractivity contribution in [2.45, 2.75) is 33.1 Å². The molecule has 1 aliphatic carbocycles. The Labute approximate surface area is 212 Å². The number of rotatable bonds is 5. The number of fused-ring (bicyclic) bond motifs is 2. The van der Waals surface area contributed by atoms with Crippen molar-refractivity contribution in [3.05, 3.63) is 106 Å².